The van der Waals surface area contributed by atoms with Crippen LogP contribution >= 0.6 is 12.2 Å². The summed E-state index contributed by atoms with van der Waals surface area (Å²) in [4.78, 5) is 19.1. The molecule has 7 nitrogen and oxygen atoms in total. The predicted molar refractivity (Wildman–Crippen MR) is 175 cm³/mol. The third-order valence-corrected chi connectivity index (χ3v) is 8.18. The van der Waals surface area contributed by atoms with Gasteiger partial charge in [0.1, 0.15) is 5.75 Å². The van der Waals surface area contributed by atoms with Gasteiger partial charge in [0.2, 0.25) is 0 Å². The standard InChI is InChI=1S/C35H30F3N5O2S/c1-22-19-29(23(2)42(22)27-10-8-9-24(20-27)35(36,37)38)33-32(30-13-6-7-18-39-30)41-34(46)43(33)26-16-14-25(15-17-26)40-31(44)21-45-28-11-4-3-5-12-28/h3-20,32-33H,21H2,1-2H3,(H,40,44)(H,41,46). The molecular weight excluding hydrogens is 611 g/mol. The van der Waals surface area contributed by atoms with Crippen LogP contribution in [0.2, 0.25) is 0 Å². The van der Waals surface area contributed by atoms with E-state index in [1.165, 1.54) is 6.07 Å². The highest BCUT2D eigenvalue weighted by Crippen LogP contribution is 2.44. The molecule has 1 amide bonds. The molecule has 2 unspecified atom stereocenters. The Bertz CT molecular complexity index is 1860. The number of thiocarbonyl (C=S) groups is 1. The zero-order chi connectivity index (χ0) is 32.4. The summed E-state index contributed by atoms with van der Waals surface area (Å²) in [5.41, 5.74) is 4.27. The van der Waals surface area contributed by atoms with Crippen molar-refractivity contribution < 1.29 is 22.7 Å². The van der Waals surface area contributed by atoms with Gasteiger partial charge in [-0.2, -0.15) is 13.2 Å². The molecule has 3 aromatic carbocycles. The molecule has 2 N–H and O–H groups in total. The van der Waals surface area contributed by atoms with Crippen molar-refractivity contribution >= 4 is 34.6 Å². The van der Waals surface area contributed by atoms with Crippen LogP contribution in [0, 0.1) is 13.8 Å². The van der Waals surface area contributed by atoms with Gasteiger partial charge < -0.3 is 24.8 Å². The van der Waals surface area contributed by atoms with Crippen LogP contribution in [-0.4, -0.2) is 27.2 Å². The van der Waals surface area contributed by atoms with Crippen LogP contribution in [0.3, 0.4) is 0 Å². The number of amides is 1. The van der Waals surface area contributed by atoms with Crippen molar-refractivity contribution in [3.8, 4) is 11.4 Å². The maximum absolute atomic E-state index is 13.6. The first-order valence-corrected chi connectivity index (χ1v) is 15.0. The summed E-state index contributed by atoms with van der Waals surface area (Å²) in [5.74, 6) is 0.300. The zero-order valence-corrected chi connectivity index (χ0v) is 25.8. The number of alkyl halides is 3. The van der Waals surface area contributed by atoms with Gasteiger partial charge in [-0.15, -0.1) is 0 Å². The number of pyridine rings is 1. The zero-order valence-electron chi connectivity index (χ0n) is 25.0. The molecule has 46 heavy (non-hydrogen) atoms. The molecule has 1 saturated heterocycles. The van der Waals surface area contributed by atoms with Gasteiger partial charge in [0.25, 0.3) is 5.91 Å². The fraction of sp³-hybridized carbons (Fsp3) is 0.171. The number of para-hydroxylation sites is 1. The summed E-state index contributed by atoms with van der Waals surface area (Å²) in [5, 5.41) is 6.74. The number of carbonyl (C=O) groups excluding carboxylic acids is 1. The molecule has 11 heteroatoms. The minimum absolute atomic E-state index is 0.138. The first-order chi connectivity index (χ1) is 22.1. The summed E-state index contributed by atoms with van der Waals surface area (Å²) >= 11 is 5.86. The van der Waals surface area contributed by atoms with Gasteiger partial charge >= 0.3 is 6.18 Å². The van der Waals surface area contributed by atoms with Crippen LogP contribution in [0.25, 0.3) is 5.69 Å². The summed E-state index contributed by atoms with van der Waals surface area (Å²) in [6.07, 6.45) is -2.75. The lowest BCUT2D eigenvalue weighted by atomic mass is 9.96. The molecule has 0 radical (unpaired) electrons. The minimum Gasteiger partial charge on any atom is -0.484 e. The van der Waals surface area contributed by atoms with Gasteiger partial charge in [-0.25, -0.2) is 0 Å². The van der Waals surface area contributed by atoms with Crippen molar-refractivity contribution in [3.05, 3.63) is 138 Å². The molecule has 1 aliphatic heterocycles. The Morgan fingerprint density at radius 1 is 0.935 bits per heavy atom. The van der Waals surface area contributed by atoms with Crippen molar-refractivity contribution in [1.29, 1.82) is 0 Å². The maximum atomic E-state index is 13.6. The van der Waals surface area contributed by atoms with E-state index in [-0.39, 0.29) is 24.6 Å². The van der Waals surface area contributed by atoms with Crippen molar-refractivity contribution in [3.63, 3.8) is 0 Å². The lowest BCUT2D eigenvalue weighted by Crippen LogP contribution is -2.29. The third-order valence-electron chi connectivity index (χ3n) is 7.86. The van der Waals surface area contributed by atoms with E-state index in [0.717, 1.165) is 40.5 Å². The fourth-order valence-electron chi connectivity index (χ4n) is 5.82. The topological polar surface area (TPSA) is 71.4 Å². The Hall–Kier alpha value is -5.16. The average molecular weight is 642 g/mol. The van der Waals surface area contributed by atoms with Crippen molar-refractivity contribution in [2.24, 2.45) is 0 Å². The molecule has 2 aromatic heterocycles. The van der Waals surface area contributed by atoms with Crippen LogP contribution in [0.4, 0.5) is 24.5 Å². The lowest BCUT2D eigenvalue weighted by molar-refractivity contribution is -0.137. The van der Waals surface area contributed by atoms with Gasteiger partial charge in [-0.05, 0) is 104 Å². The van der Waals surface area contributed by atoms with E-state index in [2.05, 4.69) is 15.6 Å². The molecule has 1 fully saturated rings. The Labute approximate surface area is 269 Å². The molecule has 6 rings (SSSR count). The number of nitrogens with zero attached hydrogens (tertiary/aromatic N) is 3. The molecule has 3 heterocycles. The number of rotatable bonds is 8. The van der Waals surface area contributed by atoms with E-state index < -0.39 is 11.7 Å². The largest absolute Gasteiger partial charge is 0.484 e. The second kappa shape index (κ2) is 12.7. The van der Waals surface area contributed by atoms with Crippen LogP contribution in [0.15, 0.2) is 109 Å². The van der Waals surface area contributed by atoms with E-state index in [9.17, 15) is 18.0 Å². The second-order valence-corrected chi connectivity index (χ2v) is 11.3. The average Bonchev–Trinajstić information content (AvgIpc) is 3.55. The minimum atomic E-state index is -4.46. The van der Waals surface area contributed by atoms with E-state index >= 15 is 0 Å². The molecule has 5 aromatic rings. The van der Waals surface area contributed by atoms with E-state index in [4.69, 9.17) is 17.0 Å². The molecule has 0 bridgehead atoms. The van der Waals surface area contributed by atoms with E-state index in [1.54, 1.807) is 36.5 Å². The Morgan fingerprint density at radius 3 is 2.37 bits per heavy atom. The van der Waals surface area contributed by atoms with Crippen LogP contribution in [-0.2, 0) is 11.0 Å². The fourth-order valence-corrected chi connectivity index (χ4v) is 6.17. The van der Waals surface area contributed by atoms with Crippen LogP contribution in [0.5, 0.6) is 5.75 Å². The quantitative estimate of drug-likeness (QED) is 0.169. The molecule has 0 aliphatic carbocycles. The van der Waals surface area contributed by atoms with Crippen molar-refractivity contribution in [1.82, 2.24) is 14.9 Å². The normalized spacial score (nSPS) is 16.3. The van der Waals surface area contributed by atoms with Crippen molar-refractivity contribution in [2.75, 3.05) is 16.8 Å². The number of carbonyl (C=O) groups is 1. The molecule has 1 aliphatic rings. The lowest BCUT2D eigenvalue weighted by Gasteiger charge is -2.28. The van der Waals surface area contributed by atoms with Gasteiger partial charge in [-0.1, -0.05) is 30.3 Å². The van der Waals surface area contributed by atoms with Gasteiger partial charge in [-0.3, -0.25) is 9.78 Å². The molecule has 234 valence electrons. The highest BCUT2D eigenvalue weighted by Gasteiger charge is 2.42. The summed E-state index contributed by atoms with van der Waals surface area (Å²) in [6.45, 7) is 3.63. The highest BCUT2D eigenvalue weighted by molar-refractivity contribution is 7.80. The van der Waals surface area contributed by atoms with Crippen LogP contribution < -0.4 is 20.3 Å². The number of halogens is 3. The number of benzene rings is 3. The Morgan fingerprint density at radius 2 is 1.67 bits per heavy atom. The van der Waals surface area contributed by atoms with E-state index in [0.29, 0.717) is 22.2 Å². The van der Waals surface area contributed by atoms with Gasteiger partial charge in [0.15, 0.2) is 11.7 Å². The number of ether oxygens (including phenoxy) is 1. The third kappa shape index (κ3) is 6.32. The number of hydrogen-bond acceptors (Lipinski definition) is 4. The monoisotopic (exact) mass is 641 g/mol. The first-order valence-electron chi connectivity index (χ1n) is 14.5. The first kappa shape index (κ1) is 30.8. The Kier molecular flexibility index (Phi) is 8.50. The molecule has 2 atom stereocenters. The highest BCUT2D eigenvalue weighted by atomic mass is 32.1. The van der Waals surface area contributed by atoms with E-state index in [1.807, 2.05) is 77.9 Å². The van der Waals surface area contributed by atoms with Crippen molar-refractivity contribution in [2.45, 2.75) is 32.1 Å². The Balaban J connectivity index is 1.32. The molecular formula is C35H30F3N5O2S. The van der Waals surface area contributed by atoms with Gasteiger partial charge in [0.05, 0.1) is 23.3 Å². The second-order valence-electron chi connectivity index (χ2n) is 10.9. The summed E-state index contributed by atoms with van der Waals surface area (Å²) in [7, 11) is 0. The number of aromatic nitrogens is 2. The number of aryl methyl sites for hydroxylation is 1. The SMILES string of the molecule is Cc1cc(C2C(c3ccccn3)NC(=S)N2c2ccc(NC(=O)COc3ccccc3)cc2)c(C)n1-c1cccc(C(F)(F)F)c1. The number of anilines is 2. The predicted octanol–water partition coefficient (Wildman–Crippen LogP) is 7.70. The van der Waals surface area contributed by atoms with Gasteiger partial charge in [0, 0.05) is 34.6 Å². The number of nitrogens with one attached hydrogen (secondary N) is 2. The molecule has 0 spiro atoms. The summed E-state index contributed by atoms with van der Waals surface area (Å²) < 4.78 is 48.1. The number of hydrogen-bond donors (Lipinski definition) is 2. The molecule has 0 saturated carbocycles. The maximum Gasteiger partial charge on any atom is 0.416 e. The van der Waals surface area contributed by atoms with Crippen LogP contribution in [0.1, 0.15) is 40.3 Å². The smallest absolute Gasteiger partial charge is 0.416 e. The summed E-state index contributed by atoms with van der Waals surface area (Å²) in [6, 6.07) is 28.6.